The molecule has 0 bridgehead atoms. The summed E-state index contributed by atoms with van der Waals surface area (Å²) in [5.41, 5.74) is 4.15. The van der Waals surface area contributed by atoms with Crippen LogP contribution in [0.1, 0.15) is 37.8 Å². The summed E-state index contributed by atoms with van der Waals surface area (Å²) < 4.78 is 0. The molecular weight excluding hydrogens is 388 g/mol. The quantitative estimate of drug-likeness (QED) is 0.505. The summed E-state index contributed by atoms with van der Waals surface area (Å²) in [4.78, 5) is 27.6. The lowest BCUT2D eigenvalue weighted by molar-refractivity contribution is -1.00. The van der Waals surface area contributed by atoms with Gasteiger partial charge < -0.3 is 20.4 Å². The van der Waals surface area contributed by atoms with Crippen molar-refractivity contribution in [1.29, 1.82) is 0 Å². The van der Waals surface area contributed by atoms with E-state index in [4.69, 9.17) is 0 Å². The minimum absolute atomic E-state index is 0.0560. The Morgan fingerprint density at radius 1 is 0.806 bits per heavy atom. The molecule has 0 aliphatic carbocycles. The van der Waals surface area contributed by atoms with E-state index in [0.29, 0.717) is 19.0 Å². The van der Waals surface area contributed by atoms with Crippen LogP contribution >= 0.6 is 0 Å². The van der Waals surface area contributed by atoms with Gasteiger partial charge in [0, 0.05) is 11.4 Å². The Morgan fingerprint density at radius 3 is 1.84 bits per heavy atom. The second kappa shape index (κ2) is 11.1. The summed E-state index contributed by atoms with van der Waals surface area (Å²) in [6.07, 6.45) is 0.898. The third-order valence-electron chi connectivity index (χ3n) is 6.01. The molecule has 6 heteroatoms. The summed E-state index contributed by atoms with van der Waals surface area (Å²) in [5, 5.41) is 6.15. The van der Waals surface area contributed by atoms with Crippen LogP contribution in [-0.2, 0) is 16.0 Å². The van der Waals surface area contributed by atoms with Crippen LogP contribution in [0.25, 0.3) is 0 Å². The molecule has 0 unspecified atom stereocenters. The molecule has 0 saturated carbocycles. The van der Waals surface area contributed by atoms with Crippen LogP contribution in [0.4, 0.5) is 11.4 Å². The number of amides is 2. The first-order valence-electron chi connectivity index (χ1n) is 11.4. The molecule has 1 aliphatic rings. The molecule has 31 heavy (non-hydrogen) atoms. The van der Waals surface area contributed by atoms with Crippen molar-refractivity contribution in [3.05, 3.63) is 59.7 Å². The molecule has 2 aromatic rings. The minimum Gasteiger partial charge on any atom is -0.321 e. The van der Waals surface area contributed by atoms with E-state index in [1.165, 1.54) is 9.80 Å². The number of piperazine rings is 1. The number of quaternary nitrogens is 2. The molecule has 1 aliphatic heterocycles. The van der Waals surface area contributed by atoms with E-state index in [9.17, 15) is 9.59 Å². The zero-order valence-corrected chi connectivity index (χ0v) is 19.0. The van der Waals surface area contributed by atoms with Gasteiger partial charge in [0.25, 0.3) is 11.8 Å². The molecule has 0 radical (unpaired) electrons. The zero-order valence-electron chi connectivity index (χ0n) is 19.0. The largest absolute Gasteiger partial charge is 0.321 e. The van der Waals surface area contributed by atoms with Crippen LogP contribution in [0.3, 0.4) is 0 Å². The second-order valence-corrected chi connectivity index (χ2v) is 8.70. The second-order valence-electron chi connectivity index (χ2n) is 8.70. The van der Waals surface area contributed by atoms with Crippen LogP contribution in [0.5, 0.6) is 0 Å². The average molecular weight is 425 g/mol. The lowest BCUT2D eigenvalue weighted by Gasteiger charge is -2.29. The number of anilines is 2. The monoisotopic (exact) mass is 424 g/mol. The lowest BCUT2D eigenvalue weighted by atomic mass is 10.0. The van der Waals surface area contributed by atoms with Crippen LogP contribution < -0.4 is 20.4 Å². The van der Waals surface area contributed by atoms with Gasteiger partial charge in [0.05, 0.1) is 0 Å². The first-order valence-corrected chi connectivity index (χ1v) is 11.4. The van der Waals surface area contributed by atoms with Gasteiger partial charge in [0.15, 0.2) is 13.1 Å². The summed E-state index contributed by atoms with van der Waals surface area (Å²) in [7, 11) is 0. The maximum absolute atomic E-state index is 12.6. The number of hydrogen-bond acceptors (Lipinski definition) is 2. The van der Waals surface area contributed by atoms with Crippen LogP contribution in [-0.4, -0.2) is 51.1 Å². The molecule has 0 spiro atoms. The first-order chi connectivity index (χ1) is 15.0. The molecule has 6 nitrogen and oxygen atoms in total. The maximum Gasteiger partial charge on any atom is 0.279 e. The van der Waals surface area contributed by atoms with Gasteiger partial charge in [-0.25, -0.2) is 0 Å². The molecule has 3 rings (SSSR count). The Morgan fingerprint density at radius 2 is 1.29 bits per heavy atom. The summed E-state index contributed by atoms with van der Waals surface area (Å²) in [6, 6.07) is 16.0. The predicted molar refractivity (Wildman–Crippen MR) is 125 cm³/mol. The number of hydrogen-bond donors (Lipinski definition) is 4. The Hall–Kier alpha value is -2.70. The number of aryl methyl sites for hydroxylation is 1. The van der Waals surface area contributed by atoms with Crippen LogP contribution in [0, 0.1) is 0 Å². The topological polar surface area (TPSA) is 67.1 Å². The van der Waals surface area contributed by atoms with Crippen molar-refractivity contribution >= 4 is 23.2 Å². The SMILES string of the molecule is CCc1ccccc1NC(=O)C[NH+]1CC[NH+](CC(=O)Nc2ccccc2C(C)C)CC1. The van der Waals surface area contributed by atoms with E-state index in [-0.39, 0.29) is 11.8 Å². The number of rotatable bonds is 8. The van der Waals surface area contributed by atoms with E-state index in [1.54, 1.807) is 0 Å². The van der Waals surface area contributed by atoms with Crippen molar-refractivity contribution in [2.45, 2.75) is 33.1 Å². The average Bonchev–Trinajstić information content (AvgIpc) is 2.75. The predicted octanol–water partition coefficient (Wildman–Crippen LogP) is 0.733. The van der Waals surface area contributed by atoms with Crippen molar-refractivity contribution in [3.63, 3.8) is 0 Å². The van der Waals surface area contributed by atoms with Gasteiger partial charge in [-0.3, -0.25) is 9.59 Å². The lowest BCUT2D eigenvalue weighted by Crippen LogP contribution is -3.28. The van der Waals surface area contributed by atoms with Crippen molar-refractivity contribution in [2.75, 3.05) is 49.9 Å². The van der Waals surface area contributed by atoms with Gasteiger partial charge in [-0.05, 0) is 35.6 Å². The summed E-state index contributed by atoms with van der Waals surface area (Å²) >= 11 is 0. The third kappa shape index (κ3) is 6.64. The maximum atomic E-state index is 12.6. The summed E-state index contributed by atoms with van der Waals surface area (Å²) in [5.74, 6) is 0.481. The highest BCUT2D eigenvalue weighted by molar-refractivity contribution is 5.92. The number of carbonyl (C=O) groups is 2. The smallest absolute Gasteiger partial charge is 0.279 e. The van der Waals surface area contributed by atoms with E-state index in [0.717, 1.165) is 55.1 Å². The molecule has 0 atom stereocenters. The molecule has 1 heterocycles. The Bertz CT molecular complexity index is 889. The van der Waals surface area contributed by atoms with Gasteiger partial charge in [0.2, 0.25) is 0 Å². The van der Waals surface area contributed by atoms with E-state index < -0.39 is 0 Å². The molecule has 1 saturated heterocycles. The Kier molecular flexibility index (Phi) is 8.20. The Labute approximate surface area is 185 Å². The fourth-order valence-electron chi connectivity index (χ4n) is 4.22. The van der Waals surface area contributed by atoms with Crippen molar-refractivity contribution in [1.82, 2.24) is 0 Å². The third-order valence-corrected chi connectivity index (χ3v) is 6.01. The van der Waals surface area contributed by atoms with Gasteiger partial charge in [-0.1, -0.05) is 57.2 Å². The van der Waals surface area contributed by atoms with E-state index in [2.05, 4.69) is 43.5 Å². The number of carbonyl (C=O) groups excluding carboxylic acids is 2. The van der Waals surface area contributed by atoms with Crippen LogP contribution in [0.15, 0.2) is 48.5 Å². The normalized spacial score (nSPS) is 18.6. The van der Waals surface area contributed by atoms with Crippen LogP contribution in [0.2, 0.25) is 0 Å². The summed E-state index contributed by atoms with van der Waals surface area (Å²) in [6.45, 7) is 10.9. The fraction of sp³-hybridized carbons (Fsp3) is 0.440. The minimum atomic E-state index is 0.0560. The van der Waals surface area contributed by atoms with Crippen molar-refractivity contribution in [3.8, 4) is 0 Å². The molecular formula is C25H36N4O2+2. The molecule has 2 amide bonds. The zero-order chi connectivity index (χ0) is 22.2. The van der Waals surface area contributed by atoms with E-state index in [1.807, 2.05) is 36.4 Å². The standard InChI is InChI=1S/C25H34N4O2/c1-4-20-9-5-7-11-22(20)26-24(30)17-28-13-15-29(16-14-28)18-25(31)27-23-12-8-6-10-21(23)19(2)3/h5-12,19H,4,13-18H2,1-3H3,(H,26,30)(H,27,31)/p+2. The molecule has 4 N–H and O–H groups in total. The molecule has 0 aromatic heterocycles. The highest BCUT2D eigenvalue weighted by Gasteiger charge is 2.26. The molecule has 166 valence electrons. The van der Waals surface area contributed by atoms with Gasteiger partial charge >= 0.3 is 0 Å². The first kappa shape index (κ1) is 23.0. The van der Waals surface area contributed by atoms with Gasteiger partial charge in [-0.2, -0.15) is 0 Å². The fourth-order valence-corrected chi connectivity index (χ4v) is 4.22. The van der Waals surface area contributed by atoms with E-state index >= 15 is 0 Å². The highest BCUT2D eigenvalue weighted by atomic mass is 16.2. The Balaban J connectivity index is 1.43. The van der Waals surface area contributed by atoms with Crippen molar-refractivity contribution in [2.24, 2.45) is 0 Å². The number of nitrogens with one attached hydrogen (secondary N) is 4. The molecule has 1 fully saturated rings. The number of para-hydroxylation sites is 2. The van der Waals surface area contributed by atoms with Gasteiger partial charge in [0.1, 0.15) is 26.2 Å². The number of benzene rings is 2. The van der Waals surface area contributed by atoms with Crippen molar-refractivity contribution < 1.29 is 19.4 Å². The van der Waals surface area contributed by atoms with Gasteiger partial charge in [-0.15, -0.1) is 0 Å². The molecule has 2 aromatic carbocycles. The highest BCUT2D eigenvalue weighted by Crippen LogP contribution is 2.23.